The molecule has 21 heavy (non-hydrogen) atoms. The van der Waals surface area contributed by atoms with Crippen molar-refractivity contribution in [3.63, 3.8) is 0 Å². The summed E-state index contributed by atoms with van der Waals surface area (Å²) in [5.74, 6) is -0.0837. The first-order valence-corrected chi connectivity index (χ1v) is 6.68. The van der Waals surface area contributed by atoms with E-state index < -0.39 is 0 Å². The minimum absolute atomic E-state index is 0.0837. The summed E-state index contributed by atoms with van der Waals surface area (Å²) in [5, 5.41) is 15.1. The van der Waals surface area contributed by atoms with E-state index in [4.69, 9.17) is 5.26 Å². The van der Waals surface area contributed by atoms with Crippen molar-refractivity contribution in [1.82, 2.24) is 4.57 Å². The fourth-order valence-corrected chi connectivity index (χ4v) is 2.12. The van der Waals surface area contributed by atoms with Gasteiger partial charge in [-0.1, -0.05) is 0 Å². The molecule has 1 heterocycles. The monoisotopic (exact) mass is 282 g/mol. The predicted molar refractivity (Wildman–Crippen MR) is 82.9 cm³/mol. The van der Waals surface area contributed by atoms with Crippen molar-refractivity contribution in [2.45, 2.75) is 20.4 Å². The first-order chi connectivity index (χ1) is 10.0. The molecular weight excluding hydrogens is 264 g/mol. The zero-order valence-electron chi connectivity index (χ0n) is 12.4. The summed E-state index contributed by atoms with van der Waals surface area (Å²) < 4.78 is 1.89. The highest BCUT2D eigenvalue weighted by molar-refractivity contribution is 5.88. The summed E-state index contributed by atoms with van der Waals surface area (Å²) in [7, 11) is 1.89. The number of hydrogen-bond acceptors (Lipinski definition) is 3. The third kappa shape index (κ3) is 3.42. The maximum absolute atomic E-state index is 11.0. The van der Waals surface area contributed by atoms with Gasteiger partial charge in [-0.25, -0.2) is 0 Å². The summed E-state index contributed by atoms with van der Waals surface area (Å²) in [6.07, 6.45) is 0. The number of hydrogen-bond donors (Lipinski definition) is 2. The maximum atomic E-state index is 11.0. The third-order valence-electron chi connectivity index (χ3n) is 3.44. The van der Waals surface area contributed by atoms with E-state index in [-0.39, 0.29) is 5.91 Å². The number of nitriles is 1. The minimum atomic E-state index is -0.0837. The van der Waals surface area contributed by atoms with Gasteiger partial charge < -0.3 is 15.2 Å². The van der Waals surface area contributed by atoms with Crippen molar-refractivity contribution < 1.29 is 4.79 Å². The van der Waals surface area contributed by atoms with Crippen LogP contribution >= 0.6 is 0 Å². The molecule has 0 bridgehead atoms. The van der Waals surface area contributed by atoms with Crippen molar-refractivity contribution in [2.24, 2.45) is 7.05 Å². The van der Waals surface area contributed by atoms with Gasteiger partial charge in [-0.3, -0.25) is 4.79 Å². The van der Waals surface area contributed by atoms with Gasteiger partial charge in [0.1, 0.15) is 11.8 Å². The zero-order valence-corrected chi connectivity index (χ0v) is 12.4. The molecular formula is C16H18N4O. The van der Waals surface area contributed by atoms with E-state index in [9.17, 15) is 4.79 Å². The topological polar surface area (TPSA) is 69.8 Å². The van der Waals surface area contributed by atoms with Gasteiger partial charge in [-0.05, 0) is 42.8 Å². The molecule has 2 N–H and O–H groups in total. The number of carbonyl (C=O) groups excluding carboxylic acids is 1. The SMILES string of the molecule is CC(=O)Nc1ccc(NCc2cc(C#N)n(C)c2C)cc1. The lowest BCUT2D eigenvalue weighted by molar-refractivity contribution is -0.114. The van der Waals surface area contributed by atoms with Crippen LogP contribution in [0.1, 0.15) is 23.9 Å². The summed E-state index contributed by atoms with van der Waals surface area (Å²) >= 11 is 0. The van der Waals surface area contributed by atoms with Crippen molar-refractivity contribution >= 4 is 17.3 Å². The second-order valence-corrected chi connectivity index (χ2v) is 4.92. The van der Waals surface area contributed by atoms with E-state index in [0.29, 0.717) is 12.2 Å². The Morgan fingerprint density at radius 3 is 2.43 bits per heavy atom. The lowest BCUT2D eigenvalue weighted by Gasteiger charge is -2.08. The van der Waals surface area contributed by atoms with Crippen LogP contribution in [0.5, 0.6) is 0 Å². The number of amides is 1. The number of anilines is 2. The largest absolute Gasteiger partial charge is 0.381 e. The minimum Gasteiger partial charge on any atom is -0.381 e. The smallest absolute Gasteiger partial charge is 0.221 e. The molecule has 2 rings (SSSR count). The highest BCUT2D eigenvalue weighted by atomic mass is 16.1. The standard InChI is InChI=1S/C16H18N4O/c1-11-13(8-16(9-17)20(11)3)10-18-14-4-6-15(7-5-14)19-12(2)21/h4-8,18H,10H2,1-3H3,(H,19,21). The number of nitrogens with one attached hydrogen (secondary N) is 2. The normalized spacial score (nSPS) is 10.0. The van der Waals surface area contributed by atoms with Crippen molar-refractivity contribution in [3.8, 4) is 6.07 Å². The molecule has 1 aromatic heterocycles. The van der Waals surface area contributed by atoms with E-state index in [1.165, 1.54) is 6.92 Å². The van der Waals surface area contributed by atoms with Gasteiger partial charge in [0.2, 0.25) is 5.91 Å². The Morgan fingerprint density at radius 2 is 1.90 bits per heavy atom. The molecule has 1 aromatic carbocycles. The molecule has 0 atom stereocenters. The first-order valence-electron chi connectivity index (χ1n) is 6.68. The molecule has 0 aliphatic rings. The highest BCUT2D eigenvalue weighted by Crippen LogP contribution is 2.17. The predicted octanol–water partition coefficient (Wildman–Crippen LogP) is 2.78. The Labute approximate surface area is 124 Å². The van der Waals surface area contributed by atoms with Crippen LogP contribution in [0.4, 0.5) is 11.4 Å². The molecule has 5 nitrogen and oxygen atoms in total. The average Bonchev–Trinajstić information content (AvgIpc) is 2.73. The van der Waals surface area contributed by atoms with Crippen LogP contribution in [0.25, 0.3) is 0 Å². The highest BCUT2D eigenvalue weighted by Gasteiger charge is 2.08. The molecule has 2 aromatic rings. The van der Waals surface area contributed by atoms with Gasteiger partial charge in [0.05, 0.1) is 0 Å². The molecule has 0 radical (unpaired) electrons. The second kappa shape index (κ2) is 6.14. The van der Waals surface area contributed by atoms with E-state index >= 15 is 0 Å². The molecule has 0 unspecified atom stereocenters. The van der Waals surface area contributed by atoms with Crippen molar-refractivity contribution in [3.05, 3.63) is 47.3 Å². The lowest BCUT2D eigenvalue weighted by Crippen LogP contribution is -2.06. The molecule has 0 aliphatic carbocycles. The summed E-state index contributed by atoms with van der Waals surface area (Å²) in [4.78, 5) is 11.0. The van der Waals surface area contributed by atoms with Gasteiger partial charge >= 0.3 is 0 Å². The second-order valence-electron chi connectivity index (χ2n) is 4.92. The Morgan fingerprint density at radius 1 is 1.29 bits per heavy atom. The molecule has 0 spiro atoms. The fraction of sp³-hybridized carbons (Fsp3) is 0.250. The van der Waals surface area contributed by atoms with E-state index in [0.717, 1.165) is 22.6 Å². The number of rotatable bonds is 4. The van der Waals surface area contributed by atoms with Crippen LogP contribution in [0, 0.1) is 18.3 Å². The number of aromatic nitrogens is 1. The van der Waals surface area contributed by atoms with Gasteiger partial charge in [-0.15, -0.1) is 0 Å². The van der Waals surface area contributed by atoms with Crippen LogP contribution in [0.2, 0.25) is 0 Å². The van der Waals surface area contributed by atoms with Crippen LogP contribution in [0.15, 0.2) is 30.3 Å². The summed E-state index contributed by atoms with van der Waals surface area (Å²) in [6.45, 7) is 4.13. The van der Waals surface area contributed by atoms with Gasteiger partial charge in [0.25, 0.3) is 0 Å². The lowest BCUT2D eigenvalue weighted by atomic mass is 10.2. The Bertz CT molecular complexity index is 692. The molecule has 0 fully saturated rings. The van der Waals surface area contributed by atoms with Gasteiger partial charge in [0.15, 0.2) is 0 Å². The molecule has 1 amide bonds. The quantitative estimate of drug-likeness (QED) is 0.906. The third-order valence-corrected chi connectivity index (χ3v) is 3.44. The van der Waals surface area contributed by atoms with Gasteiger partial charge in [0, 0.05) is 37.6 Å². The molecule has 108 valence electrons. The Hall–Kier alpha value is -2.74. The van der Waals surface area contributed by atoms with Crippen LogP contribution < -0.4 is 10.6 Å². The summed E-state index contributed by atoms with van der Waals surface area (Å²) in [5.41, 5.74) is 4.57. The maximum Gasteiger partial charge on any atom is 0.221 e. The molecule has 5 heteroatoms. The number of nitrogens with zero attached hydrogens (tertiary/aromatic N) is 2. The molecule has 0 saturated carbocycles. The summed E-state index contributed by atoms with van der Waals surface area (Å²) in [6, 6.07) is 11.6. The van der Waals surface area contributed by atoms with Crippen LogP contribution in [0.3, 0.4) is 0 Å². The number of benzene rings is 1. The van der Waals surface area contributed by atoms with E-state index in [2.05, 4.69) is 16.7 Å². The average molecular weight is 282 g/mol. The van der Waals surface area contributed by atoms with Crippen LogP contribution in [-0.4, -0.2) is 10.5 Å². The van der Waals surface area contributed by atoms with E-state index in [1.807, 2.05) is 48.9 Å². The Balaban J connectivity index is 2.03. The zero-order chi connectivity index (χ0) is 15.4. The van der Waals surface area contributed by atoms with Crippen molar-refractivity contribution in [2.75, 3.05) is 10.6 Å². The van der Waals surface area contributed by atoms with Gasteiger partial charge in [-0.2, -0.15) is 5.26 Å². The van der Waals surface area contributed by atoms with Crippen molar-refractivity contribution in [1.29, 1.82) is 5.26 Å². The fourth-order valence-electron chi connectivity index (χ4n) is 2.12. The van der Waals surface area contributed by atoms with E-state index in [1.54, 1.807) is 0 Å². The number of carbonyl (C=O) groups is 1. The Kier molecular flexibility index (Phi) is 4.29. The molecule has 0 aliphatic heterocycles. The van der Waals surface area contributed by atoms with Crippen LogP contribution in [-0.2, 0) is 18.4 Å². The first kappa shape index (κ1) is 14.7. The molecule has 0 saturated heterocycles.